The quantitative estimate of drug-likeness (QED) is 0.329. The molecule has 0 bridgehead atoms. The zero-order valence-corrected chi connectivity index (χ0v) is 14.9. The molecule has 0 amide bonds. The molecule has 1 aromatic carbocycles. The maximum atomic E-state index is 5.86. The highest BCUT2D eigenvalue weighted by molar-refractivity contribution is 5.95. The van der Waals surface area contributed by atoms with Crippen LogP contribution in [0.5, 0.6) is 0 Å². The molecule has 25 heavy (non-hydrogen) atoms. The summed E-state index contributed by atoms with van der Waals surface area (Å²) in [6.07, 6.45) is 4.26. The molecule has 5 nitrogen and oxygen atoms in total. The number of aromatic nitrogens is 1. The molecule has 2 rings (SSSR count). The van der Waals surface area contributed by atoms with Crippen LogP contribution in [0.1, 0.15) is 16.8 Å². The second-order valence-corrected chi connectivity index (χ2v) is 5.40. The van der Waals surface area contributed by atoms with E-state index in [0.717, 1.165) is 22.5 Å². The van der Waals surface area contributed by atoms with Gasteiger partial charge in [-0.15, -0.1) is 6.58 Å². The number of rotatable bonds is 9. The van der Waals surface area contributed by atoms with Gasteiger partial charge < -0.3 is 14.8 Å². The fourth-order valence-electron chi connectivity index (χ4n) is 2.30. The van der Waals surface area contributed by atoms with Gasteiger partial charge in [0, 0.05) is 32.5 Å². The van der Waals surface area contributed by atoms with Gasteiger partial charge in [-0.3, -0.25) is 4.98 Å². The average molecular weight is 339 g/mol. The van der Waals surface area contributed by atoms with E-state index >= 15 is 0 Å². The topological polar surface area (TPSA) is 55.7 Å². The molecule has 2 aromatic rings. The minimum Gasteiger partial charge on any atom is -0.475 e. The lowest BCUT2D eigenvalue weighted by molar-refractivity contribution is 0.141. The van der Waals surface area contributed by atoms with Crippen molar-refractivity contribution in [2.75, 3.05) is 32.7 Å². The predicted octanol–water partition coefficient (Wildman–Crippen LogP) is 3.46. The Labute approximate surface area is 149 Å². The van der Waals surface area contributed by atoms with Gasteiger partial charge in [0.25, 0.3) is 0 Å². The summed E-state index contributed by atoms with van der Waals surface area (Å²) in [6.45, 7) is 5.28. The van der Waals surface area contributed by atoms with Crippen molar-refractivity contribution in [2.24, 2.45) is 4.99 Å². The van der Waals surface area contributed by atoms with Crippen LogP contribution in [0.2, 0.25) is 0 Å². The van der Waals surface area contributed by atoms with E-state index in [9.17, 15) is 0 Å². The van der Waals surface area contributed by atoms with Crippen molar-refractivity contribution >= 4 is 11.6 Å². The van der Waals surface area contributed by atoms with E-state index in [1.54, 1.807) is 13.3 Å². The molecule has 0 aliphatic carbocycles. The van der Waals surface area contributed by atoms with Crippen molar-refractivity contribution in [1.82, 2.24) is 4.98 Å². The highest BCUT2D eigenvalue weighted by Gasteiger charge is 2.11. The number of aliphatic imine (C=N–C) groups is 1. The Hall–Kier alpha value is -2.66. The number of nitrogens with zero attached hydrogens (tertiary/aromatic N) is 2. The minimum atomic E-state index is 0.441. The number of benzene rings is 1. The Bertz CT molecular complexity index is 696. The van der Waals surface area contributed by atoms with Crippen LogP contribution in [-0.4, -0.2) is 38.3 Å². The van der Waals surface area contributed by atoms with Gasteiger partial charge in [-0.2, -0.15) is 0 Å². The summed E-state index contributed by atoms with van der Waals surface area (Å²) in [6, 6.07) is 12.0. The summed E-state index contributed by atoms with van der Waals surface area (Å²) in [5, 5.41) is 3.11. The molecule has 0 saturated heterocycles. The standard InChI is InChI=1S/C20H25N3O2/c1-4-6-19-18(7-5-12-22-19)20(25-14-13-24-3)23-15-16-8-10-17(21-2)11-9-16/h4-5,7-12,21H,1,6,13-15H2,2-3H3. The number of anilines is 1. The van der Waals surface area contributed by atoms with E-state index < -0.39 is 0 Å². The molecule has 0 unspecified atom stereocenters. The highest BCUT2D eigenvalue weighted by Crippen LogP contribution is 2.13. The van der Waals surface area contributed by atoms with Gasteiger partial charge in [0.1, 0.15) is 6.61 Å². The average Bonchev–Trinajstić information content (AvgIpc) is 2.66. The predicted molar refractivity (Wildman–Crippen MR) is 102 cm³/mol. The summed E-state index contributed by atoms with van der Waals surface area (Å²) in [5.74, 6) is 0.583. The van der Waals surface area contributed by atoms with E-state index in [4.69, 9.17) is 9.47 Å². The molecule has 1 N–H and O–H groups in total. The first-order chi connectivity index (χ1) is 12.3. The second kappa shape index (κ2) is 10.3. The van der Waals surface area contributed by atoms with Crippen LogP contribution < -0.4 is 5.32 Å². The van der Waals surface area contributed by atoms with Crippen LogP contribution in [0.15, 0.2) is 60.2 Å². The molecule has 0 atom stereocenters. The van der Waals surface area contributed by atoms with Crippen molar-refractivity contribution in [3.63, 3.8) is 0 Å². The molecular weight excluding hydrogens is 314 g/mol. The van der Waals surface area contributed by atoms with E-state index in [2.05, 4.69) is 34.0 Å². The van der Waals surface area contributed by atoms with Crippen LogP contribution in [0.4, 0.5) is 5.69 Å². The lowest BCUT2D eigenvalue weighted by atomic mass is 10.1. The van der Waals surface area contributed by atoms with Crippen molar-refractivity contribution in [3.05, 3.63) is 72.1 Å². The molecule has 0 radical (unpaired) electrons. The van der Waals surface area contributed by atoms with Gasteiger partial charge in [0.05, 0.1) is 24.4 Å². The Kier molecular flexibility index (Phi) is 7.66. The van der Waals surface area contributed by atoms with Gasteiger partial charge in [0.15, 0.2) is 0 Å². The Morgan fingerprint density at radius 3 is 2.72 bits per heavy atom. The Morgan fingerprint density at radius 2 is 2.04 bits per heavy atom. The maximum Gasteiger partial charge on any atom is 0.218 e. The van der Waals surface area contributed by atoms with Crippen molar-refractivity contribution in [1.29, 1.82) is 0 Å². The van der Waals surface area contributed by atoms with E-state index in [1.807, 2.05) is 37.4 Å². The summed E-state index contributed by atoms with van der Waals surface area (Å²) in [4.78, 5) is 9.10. The zero-order chi connectivity index (χ0) is 17.9. The van der Waals surface area contributed by atoms with Crippen LogP contribution >= 0.6 is 0 Å². The van der Waals surface area contributed by atoms with Gasteiger partial charge in [-0.1, -0.05) is 18.2 Å². The molecule has 0 saturated carbocycles. The Balaban J connectivity index is 2.23. The largest absolute Gasteiger partial charge is 0.475 e. The molecular formula is C20H25N3O2. The van der Waals surface area contributed by atoms with Crippen LogP contribution in [0.25, 0.3) is 0 Å². The minimum absolute atomic E-state index is 0.441. The Morgan fingerprint density at radius 1 is 1.24 bits per heavy atom. The molecule has 0 aliphatic rings. The number of hydrogen-bond donors (Lipinski definition) is 1. The summed E-state index contributed by atoms with van der Waals surface area (Å²) in [7, 11) is 3.55. The first-order valence-electron chi connectivity index (χ1n) is 8.26. The third-order valence-corrected chi connectivity index (χ3v) is 3.63. The molecule has 132 valence electrons. The van der Waals surface area contributed by atoms with Crippen molar-refractivity contribution in [2.45, 2.75) is 13.0 Å². The van der Waals surface area contributed by atoms with E-state index in [-0.39, 0.29) is 0 Å². The second-order valence-electron chi connectivity index (χ2n) is 5.40. The monoisotopic (exact) mass is 339 g/mol. The number of hydrogen-bond acceptors (Lipinski definition) is 5. The molecule has 5 heteroatoms. The number of methoxy groups -OCH3 is 1. The lowest BCUT2D eigenvalue weighted by Crippen LogP contribution is -2.14. The number of pyridine rings is 1. The summed E-state index contributed by atoms with van der Waals surface area (Å²) in [5.41, 5.74) is 3.98. The molecule has 0 fully saturated rings. The number of allylic oxidation sites excluding steroid dienone is 1. The first-order valence-corrected chi connectivity index (χ1v) is 8.26. The van der Waals surface area contributed by atoms with Crippen LogP contribution in [0.3, 0.4) is 0 Å². The normalized spacial score (nSPS) is 11.2. The van der Waals surface area contributed by atoms with Gasteiger partial charge in [0.2, 0.25) is 5.90 Å². The smallest absolute Gasteiger partial charge is 0.218 e. The fraction of sp³-hybridized carbons (Fsp3) is 0.300. The fourth-order valence-corrected chi connectivity index (χ4v) is 2.30. The molecule has 1 aromatic heterocycles. The maximum absolute atomic E-state index is 5.86. The molecule has 1 heterocycles. The lowest BCUT2D eigenvalue weighted by Gasteiger charge is -2.12. The van der Waals surface area contributed by atoms with E-state index in [1.165, 1.54) is 0 Å². The molecule has 0 aliphatic heterocycles. The van der Waals surface area contributed by atoms with Crippen molar-refractivity contribution in [3.8, 4) is 0 Å². The third kappa shape index (κ3) is 5.72. The van der Waals surface area contributed by atoms with Gasteiger partial charge >= 0.3 is 0 Å². The third-order valence-electron chi connectivity index (χ3n) is 3.63. The van der Waals surface area contributed by atoms with Crippen molar-refractivity contribution < 1.29 is 9.47 Å². The van der Waals surface area contributed by atoms with Gasteiger partial charge in [-0.25, -0.2) is 4.99 Å². The SMILES string of the molecule is C=CCc1ncccc1C(=NCc1ccc(NC)cc1)OCCOC. The summed E-state index contributed by atoms with van der Waals surface area (Å²) < 4.78 is 10.9. The highest BCUT2D eigenvalue weighted by atomic mass is 16.5. The molecule has 0 spiro atoms. The van der Waals surface area contributed by atoms with Crippen LogP contribution in [0, 0.1) is 0 Å². The first kappa shape index (κ1) is 18.7. The zero-order valence-electron chi connectivity index (χ0n) is 14.9. The van der Waals surface area contributed by atoms with Gasteiger partial charge in [-0.05, 0) is 29.8 Å². The van der Waals surface area contributed by atoms with Crippen LogP contribution in [-0.2, 0) is 22.4 Å². The van der Waals surface area contributed by atoms with E-state index in [0.29, 0.717) is 32.1 Å². The number of nitrogens with one attached hydrogen (secondary N) is 1. The summed E-state index contributed by atoms with van der Waals surface area (Å²) >= 11 is 0. The number of ether oxygens (including phenoxy) is 2.